The summed E-state index contributed by atoms with van der Waals surface area (Å²) in [5, 5.41) is 7.29. The number of benzene rings is 1. The maximum absolute atomic E-state index is 12.4. The molecule has 126 valence electrons. The van der Waals surface area contributed by atoms with Crippen molar-refractivity contribution in [1.29, 1.82) is 0 Å². The van der Waals surface area contributed by atoms with Gasteiger partial charge in [-0.05, 0) is 36.8 Å². The lowest BCUT2D eigenvalue weighted by Crippen LogP contribution is -2.32. The van der Waals surface area contributed by atoms with Crippen LogP contribution in [0.4, 0.5) is 0 Å². The van der Waals surface area contributed by atoms with Gasteiger partial charge >= 0.3 is 0 Å². The van der Waals surface area contributed by atoms with Gasteiger partial charge in [-0.25, -0.2) is 4.68 Å². The van der Waals surface area contributed by atoms with Crippen molar-refractivity contribution in [2.45, 2.75) is 37.1 Å². The molecule has 3 rings (SSSR count). The molecule has 1 aromatic heterocycles. The molecule has 1 fully saturated rings. The van der Waals surface area contributed by atoms with Crippen molar-refractivity contribution in [2.75, 3.05) is 12.3 Å². The number of aromatic nitrogens is 2. The molecule has 1 heterocycles. The van der Waals surface area contributed by atoms with Crippen molar-refractivity contribution in [1.82, 2.24) is 15.1 Å². The largest absolute Gasteiger partial charge is 0.350 e. The smallest absolute Gasteiger partial charge is 0.266 e. The standard InChI is InChI=1S/C18H21N3O2S/c1-2-24-16-6-4-3-5-14(16)18(23)19-11-12-21-17(22)10-9-15(20-21)13-7-8-13/h3-6,9-10,13H,2,7-8,11-12H2,1H3,(H,19,23). The highest BCUT2D eigenvalue weighted by Gasteiger charge is 2.25. The summed E-state index contributed by atoms with van der Waals surface area (Å²) in [6.45, 7) is 2.82. The van der Waals surface area contributed by atoms with Crippen LogP contribution in [0.1, 0.15) is 41.7 Å². The Morgan fingerprint density at radius 3 is 2.83 bits per heavy atom. The van der Waals surface area contributed by atoms with Gasteiger partial charge in [-0.15, -0.1) is 11.8 Å². The van der Waals surface area contributed by atoms with Crippen LogP contribution in [0.5, 0.6) is 0 Å². The number of hydrogen-bond acceptors (Lipinski definition) is 4. The molecule has 1 amide bonds. The minimum absolute atomic E-state index is 0.113. The molecule has 24 heavy (non-hydrogen) atoms. The van der Waals surface area contributed by atoms with Crippen molar-refractivity contribution in [3.05, 3.63) is 58.0 Å². The first kappa shape index (κ1) is 16.8. The first-order valence-electron chi connectivity index (χ1n) is 8.27. The highest BCUT2D eigenvalue weighted by atomic mass is 32.2. The predicted octanol–water partition coefficient (Wildman–Crippen LogP) is 2.66. The molecule has 6 heteroatoms. The van der Waals surface area contributed by atoms with E-state index in [1.807, 2.05) is 30.3 Å². The van der Waals surface area contributed by atoms with Crippen molar-refractivity contribution in [3.63, 3.8) is 0 Å². The van der Waals surface area contributed by atoms with E-state index >= 15 is 0 Å². The Morgan fingerprint density at radius 2 is 2.08 bits per heavy atom. The quantitative estimate of drug-likeness (QED) is 0.785. The topological polar surface area (TPSA) is 64.0 Å². The summed E-state index contributed by atoms with van der Waals surface area (Å²) in [6, 6.07) is 10.9. The van der Waals surface area contributed by atoms with Crippen LogP contribution < -0.4 is 10.9 Å². The summed E-state index contributed by atoms with van der Waals surface area (Å²) in [6.07, 6.45) is 2.29. The van der Waals surface area contributed by atoms with Gasteiger partial charge in [0.1, 0.15) is 0 Å². The number of hydrogen-bond donors (Lipinski definition) is 1. The lowest BCUT2D eigenvalue weighted by atomic mass is 10.2. The molecule has 1 aromatic carbocycles. The molecule has 0 bridgehead atoms. The molecule has 0 aliphatic heterocycles. The summed E-state index contributed by atoms with van der Waals surface area (Å²) in [5.41, 5.74) is 1.53. The number of rotatable bonds is 7. The van der Waals surface area contributed by atoms with Crippen LogP contribution in [-0.2, 0) is 6.54 Å². The van der Waals surface area contributed by atoms with Crippen molar-refractivity contribution in [2.24, 2.45) is 0 Å². The van der Waals surface area contributed by atoms with Gasteiger partial charge in [0.2, 0.25) is 0 Å². The summed E-state index contributed by atoms with van der Waals surface area (Å²) >= 11 is 1.65. The molecule has 0 unspecified atom stereocenters. The van der Waals surface area contributed by atoms with E-state index in [0.717, 1.165) is 29.2 Å². The Labute approximate surface area is 145 Å². The monoisotopic (exact) mass is 343 g/mol. The van der Waals surface area contributed by atoms with Crippen LogP contribution >= 0.6 is 11.8 Å². The first-order chi connectivity index (χ1) is 11.7. The van der Waals surface area contributed by atoms with E-state index in [1.54, 1.807) is 17.8 Å². The van der Waals surface area contributed by atoms with Gasteiger partial charge in [0.25, 0.3) is 11.5 Å². The molecule has 0 atom stereocenters. The minimum Gasteiger partial charge on any atom is -0.350 e. The van der Waals surface area contributed by atoms with E-state index in [4.69, 9.17) is 0 Å². The first-order valence-corrected chi connectivity index (χ1v) is 9.25. The summed E-state index contributed by atoms with van der Waals surface area (Å²) in [7, 11) is 0. The molecular weight excluding hydrogens is 322 g/mol. The fraction of sp³-hybridized carbons (Fsp3) is 0.389. The second-order valence-corrected chi connectivity index (χ2v) is 7.08. The zero-order valence-corrected chi connectivity index (χ0v) is 14.5. The third-order valence-corrected chi connectivity index (χ3v) is 4.88. The van der Waals surface area contributed by atoms with Crippen LogP contribution in [0, 0.1) is 0 Å². The van der Waals surface area contributed by atoms with E-state index in [-0.39, 0.29) is 11.5 Å². The molecule has 1 aliphatic carbocycles. The lowest BCUT2D eigenvalue weighted by molar-refractivity contribution is 0.0949. The molecular formula is C18H21N3O2S. The zero-order chi connectivity index (χ0) is 16.9. The Bertz CT molecular complexity index is 784. The molecule has 0 saturated heterocycles. The number of amides is 1. The molecule has 0 spiro atoms. The third kappa shape index (κ3) is 4.06. The molecule has 1 N–H and O–H groups in total. The highest BCUT2D eigenvalue weighted by Crippen LogP contribution is 2.38. The molecule has 0 radical (unpaired) electrons. The zero-order valence-electron chi connectivity index (χ0n) is 13.7. The molecule has 1 saturated carbocycles. The van der Waals surface area contributed by atoms with Crippen LogP contribution in [0.3, 0.4) is 0 Å². The number of nitrogens with zero attached hydrogens (tertiary/aromatic N) is 2. The normalized spacial score (nSPS) is 13.7. The van der Waals surface area contributed by atoms with Crippen molar-refractivity contribution >= 4 is 17.7 Å². The Hall–Kier alpha value is -2.08. The Balaban J connectivity index is 1.61. The molecule has 5 nitrogen and oxygen atoms in total. The van der Waals surface area contributed by atoms with E-state index in [0.29, 0.717) is 24.6 Å². The number of nitrogens with one attached hydrogen (secondary N) is 1. The predicted molar refractivity (Wildman–Crippen MR) is 95.6 cm³/mol. The Morgan fingerprint density at radius 1 is 1.29 bits per heavy atom. The van der Waals surface area contributed by atoms with Crippen LogP contribution in [0.2, 0.25) is 0 Å². The summed E-state index contributed by atoms with van der Waals surface area (Å²) in [4.78, 5) is 25.2. The van der Waals surface area contributed by atoms with Gasteiger partial charge in [-0.1, -0.05) is 19.1 Å². The van der Waals surface area contributed by atoms with Gasteiger partial charge in [0.15, 0.2) is 0 Å². The van der Waals surface area contributed by atoms with E-state index < -0.39 is 0 Å². The lowest BCUT2D eigenvalue weighted by Gasteiger charge is -2.10. The summed E-state index contributed by atoms with van der Waals surface area (Å²) < 4.78 is 1.45. The van der Waals surface area contributed by atoms with Gasteiger partial charge < -0.3 is 5.32 Å². The van der Waals surface area contributed by atoms with Crippen LogP contribution in [0.25, 0.3) is 0 Å². The molecule has 1 aliphatic rings. The van der Waals surface area contributed by atoms with E-state index in [1.165, 1.54) is 4.68 Å². The maximum atomic E-state index is 12.4. The average Bonchev–Trinajstić information content (AvgIpc) is 3.42. The number of thioether (sulfide) groups is 1. The van der Waals surface area contributed by atoms with Crippen molar-refractivity contribution < 1.29 is 4.79 Å². The SMILES string of the molecule is CCSc1ccccc1C(=O)NCCn1nc(C2CC2)ccc1=O. The number of carbonyl (C=O) groups excluding carboxylic acids is 1. The van der Waals surface area contributed by atoms with Crippen LogP contribution in [0.15, 0.2) is 46.1 Å². The average molecular weight is 343 g/mol. The molecule has 2 aromatic rings. The van der Waals surface area contributed by atoms with Crippen LogP contribution in [-0.4, -0.2) is 28.0 Å². The Kier molecular flexibility index (Phi) is 5.35. The minimum atomic E-state index is -0.129. The second-order valence-electron chi connectivity index (χ2n) is 5.78. The van der Waals surface area contributed by atoms with Gasteiger partial charge in [-0.3, -0.25) is 9.59 Å². The third-order valence-electron chi connectivity index (χ3n) is 3.92. The maximum Gasteiger partial charge on any atom is 0.266 e. The summed E-state index contributed by atoms with van der Waals surface area (Å²) in [5.74, 6) is 1.31. The van der Waals surface area contributed by atoms with Crippen molar-refractivity contribution in [3.8, 4) is 0 Å². The van der Waals surface area contributed by atoms with Gasteiger partial charge in [0, 0.05) is 23.4 Å². The van der Waals surface area contributed by atoms with E-state index in [9.17, 15) is 9.59 Å². The fourth-order valence-corrected chi connectivity index (χ4v) is 3.33. The van der Waals surface area contributed by atoms with Gasteiger partial charge in [0.05, 0.1) is 17.8 Å². The van der Waals surface area contributed by atoms with Gasteiger partial charge in [-0.2, -0.15) is 5.10 Å². The second kappa shape index (κ2) is 7.66. The fourth-order valence-electron chi connectivity index (χ4n) is 2.53. The number of carbonyl (C=O) groups is 1. The highest BCUT2D eigenvalue weighted by molar-refractivity contribution is 7.99. The van der Waals surface area contributed by atoms with E-state index in [2.05, 4.69) is 17.3 Å².